The van der Waals surface area contributed by atoms with E-state index in [1.54, 1.807) is 13.0 Å². The smallest absolute Gasteiger partial charge is 0.126 e. The van der Waals surface area contributed by atoms with Crippen LogP contribution < -0.4 is 0 Å². The normalized spacial score (nSPS) is 35.4. The Morgan fingerprint density at radius 1 is 1.26 bits per heavy atom. The van der Waals surface area contributed by atoms with Gasteiger partial charge in [0.15, 0.2) is 0 Å². The average molecular weight is 263 g/mol. The van der Waals surface area contributed by atoms with Gasteiger partial charge in [-0.3, -0.25) is 0 Å². The zero-order valence-electron chi connectivity index (χ0n) is 11.7. The number of benzene rings is 1. The molecule has 1 aromatic rings. The summed E-state index contributed by atoms with van der Waals surface area (Å²) in [6.07, 6.45) is 5.12. The van der Waals surface area contributed by atoms with Crippen molar-refractivity contribution in [2.75, 3.05) is 7.05 Å². The van der Waals surface area contributed by atoms with Crippen molar-refractivity contribution in [2.45, 2.75) is 56.7 Å². The summed E-state index contributed by atoms with van der Waals surface area (Å²) in [5.74, 6) is -0.194. The van der Waals surface area contributed by atoms with Crippen LogP contribution in [0.15, 0.2) is 18.2 Å². The van der Waals surface area contributed by atoms with Crippen molar-refractivity contribution in [3.63, 3.8) is 0 Å². The molecule has 104 valence electrons. The number of aryl methyl sites for hydroxylation is 1. The summed E-state index contributed by atoms with van der Waals surface area (Å²) in [6.45, 7) is 1.76. The van der Waals surface area contributed by atoms with Crippen molar-refractivity contribution >= 4 is 0 Å². The largest absolute Gasteiger partial charge is 0.385 e. The van der Waals surface area contributed by atoms with Gasteiger partial charge in [-0.2, -0.15) is 0 Å². The third-order valence-electron chi connectivity index (χ3n) is 5.07. The summed E-state index contributed by atoms with van der Waals surface area (Å²) >= 11 is 0. The third-order valence-corrected chi connectivity index (χ3v) is 5.07. The lowest BCUT2D eigenvalue weighted by molar-refractivity contribution is -0.0875. The lowest BCUT2D eigenvalue weighted by atomic mass is 9.72. The number of piperidine rings is 2. The molecule has 1 N–H and O–H groups in total. The van der Waals surface area contributed by atoms with Gasteiger partial charge in [-0.1, -0.05) is 18.6 Å². The van der Waals surface area contributed by atoms with Crippen LogP contribution in [-0.2, 0) is 5.60 Å². The molecule has 2 bridgehead atoms. The van der Waals surface area contributed by atoms with Gasteiger partial charge in [0.2, 0.25) is 0 Å². The van der Waals surface area contributed by atoms with Crippen LogP contribution in [0.5, 0.6) is 0 Å². The van der Waals surface area contributed by atoms with Crippen molar-refractivity contribution < 1.29 is 9.50 Å². The van der Waals surface area contributed by atoms with Crippen LogP contribution >= 0.6 is 0 Å². The minimum absolute atomic E-state index is 0.194. The second-order valence-electron chi connectivity index (χ2n) is 6.31. The van der Waals surface area contributed by atoms with E-state index in [1.807, 2.05) is 6.07 Å². The maximum absolute atomic E-state index is 13.4. The molecule has 19 heavy (non-hydrogen) atoms. The molecule has 0 amide bonds. The minimum Gasteiger partial charge on any atom is -0.385 e. The Balaban J connectivity index is 1.92. The summed E-state index contributed by atoms with van der Waals surface area (Å²) in [6, 6.07) is 5.97. The standard InChI is InChI=1S/C16H22FNO/c1-11-8-12(6-7-15(11)17)16(19)9-13-4-3-5-14(10-16)18(13)2/h6-8,13-14,19H,3-5,9-10H2,1-2H3. The number of nitrogens with zero attached hydrogens (tertiary/aromatic N) is 1. The number of hydrogen-bond donors (Lipinski definition) is 1. The highest BCUT2D eigenvalue weighted by Crippen LogP contribution is 2.43. The number of aliphatic hydroxyl groups is 1. The molecular formula is C16H22FNO. The van der Waals surface area contributed by atoms with E-state index in [-0.39, 0.29) is 5.82 Å². The van der Waals surface area contributed by atoms with Gasteiger partial charge < -0.3 is 10.0 Å². The van der Waals surface area contributed by atoms with Crippen LogP contribution in [-0.4, -0.2) is 29.1 Å². The average Bonchev–Trinajstić information content (AvgIpc) is 2.35. The van der Waals surface area contributed by atoms with Gasteiger partial charge in [-0.25, -0.2) is 4.39 Å². The molecule has 0 aliphatic carbocycles. The molecule has 0 aromatic heterocycles. The van der Waals surface area contributed by atoms with Gasteiger partial charge in [-0.05, 0) is 56.8 Å². The maximum Gasteiger partial charge on any atom is 0.126 e. The molecule has 2 atom stereocenters. The Morgan fingerprint density at radius 2 is 1.89 bits per heavy atom. The number of hydrogen-bond acceptors (Lipinski definition) is 2. The first-order valence-corrected chi connectivity index (χ1v) is 7.20. The van der Waals surface area contributed by atoms with E-state index in [2.05, 4.69) is 11.9 Å². The van der Waals surface area contributed by atoms with Gasteiger partial charge >= 0.3 is 0 Å². The van der Waals surface area contributed by atoms with E-state index in [9.17, 15) is 9.50 Å². The van der Waals surface area contributed by atoms with Gasteiger partial charge in [-0.15, -0.1) is 0 Å². The lowest BCUT2D eigenvalue weighted by Crippen LogP contribution is -2.55. The summed E-state index contributed by atoms with van der Waals surface area (Å²) in [5.41, 5.74) is 0.729. The Hall–Kier alpha value is -0.930. The van der Waals surface area contributed by atoms with Crippen molar-refractivity contribution in [1.29, 1.82) is 0 Å². The monoisotopic (exact) mass is 263 g/mol. The predicted octanol–water partition coefficient (Wildman–Crippen LogP) is 2.97. The molecule has 2 aliphatic heterocycles. The molecule has 0 spiro atoms. The highest BCUT2D eigenvalue weighted by molar-refractivity contribution is 5.30. The second kappa shape index (κ2) is 4.57. The van der Waals surface area contributed by atoms with Crippen molar-refractivity contribution in [2.24, 2.45) is 0 Å². The molecule has 3 heteroatoms. The summed E-state index contributed by atoms with van der Waals surface area (Å²) in [7, 11) is 2.17. The molecule has 2 nitrogen and oxygen atoms in total. The van der Waals surface area contributed by atoms with E-state index >= 15 is 0 Å². The highest BCUT2D eigenvalue weighted by atomic mass is 19.1. The van der Waals surface area contributed by atoms with Gasteiger partial charge in [0, 0.05) is 12.1 Å². The Morgan fingerprint density at radius 3 is 2.47 bits per heavy atom. The Labute approximate surface area is 114 Å². The zero-order valence-corrected chi connectivity index (χ0v) is 11.7. The maximum atomic E-state index is 13.4. The number of halogens is 1. The molecule has 0 radical (unpaired) electrons. The number of fused-ring (bicyclic) bond motifs is 2. The van der Waals surface area contributed by atoms with Crippen LogP contribution in [0.3, 0.4) is 0 Å². The van der Waals surface area contributed by atoms with Crippen LogP contribution in [0, 0.1) is 12.7 Å². The predicted molar refractivity (Wildman–Crippen MR) is 73.5 cm³/mol. The highest BCUT2D eigenvalue weighted by Gasteiger charge is 2.44. The third kappa shape index (κ3) is 2.19. The molecule has 2 aliphatic rings. The Kier molecular flexibility index (Phi) is 3.14. The van der Waals surface area contributed by atoms with Gasteiger partial charge in [0.1, 0.15) is 5.82 Å². The van der Waals surface area contributed by atoms with Crippen LogP contribution in [0.4, 0.5) is 4.39 Å². The first-order chi connectivity index (χ1) is 8.99. The van der Waals surface area contributed by atoms with Gasteiger partial charge in [0.25, 0.3) is 0 Å². The fourth-order valence-corrected chi connectivity index (χ4v) is 3.82. The van der Waals surface area contributed by atoms with E-state index in [0.717, 1.165) is 31.2 Å². The Bertz CT molecular complexity index is 474. The van der Waals surface area contributed by atoms with Crippen LogP contribution in [0.2, 0.25) is 0 Å². The molecule has 2 heterocycles. The SMILES string of the molecule is Cc1cc(C2(O)CC3CCCC(C2)N3C)ccc1F. The van der Waals surface area contributed by atoms with Crippen LogP contribution in [0.25, 0.3) is 0 Å². The molecule has 2 saturated heterocycles. The zero-order chi connectivity index (χ0) is 13.6. The molecule has 2 unspecified atom stereocenters. The van der Waals surface area contributed by atoms with E-state index in [4.69, 9.17) is 0 Å². The first kappa shape index (κ1) is 13.1. The summed E-state index contributed by atoms with van der Waals surface area (Å²) < 4.78 is 13.4. The number of rotatable bonds is 1. The fourth-order valence-electron chi connectivity index (χ4n) is 3.82. The molecule has 1 aromatic carbocycles. The minimum atomic E-state index is -0.777. The van der Waals surface area contributed by atoms with Gasteiger partial charge in [0.05, 0.1) is 5.60 Å². The van der Waals surface area contributed by atoms with Crippen LogP contribution in [0.1, 0.15) is 43.2 Å². The quantitative estimate of drug-likeness (QED) is 0.842. The topological polar surface area (TPSA) is 23.5 Å². The van der Waals surface area contributed by atoms with E-state index in [0.29, 0.717) is 17.6 Å². The summed E-state index contributed by atoms with van der Waals surface area (Å²) in [4.78, 5) is 2.42. The van der Waals surface area contributed by atoms with Crippen molar-refractivity contribution in [3.8, 4) is 0 Å². The van der Waals surface area contributed by atoms with Crippen molar-refractivity contribution in [1.82, 2.24) is 4.90 Å². The fraction of sp³-hybridized carbons (Fsp3) is 0.625. The summed E-state index contributed by atoms with van der Waals surface area (Å²) in [5, 5.41) is 11.0. The molecule has 2 fully saturated rings. The lowest BCUT2D eigenvalue weighted by Gasteiger charge is -2.50. The van der Waals surface area contributed by atoms with E-state index in [1.165, 1.54) is 12.5 Å². The molecule has 3 rings (SSSR count). The van der Waals surface area contributed by atoms with E-state index < -0.39 is 5.60 Å². The first-order valence-electron chi connectivity index (χ1n) is 7.20. The second-order valence-corrected chi connectivity index (χ2v) is 6.31. The molecule has 0 saturated carbocycles. The van der Waals surface area contributed by atoms with Crippen molar-refractivity contribution in [3.05, 3.63) is 35.1 Å². The molecular weight excluding hydrogens is 241 g/mol.